The molecule has 0 saturated carbocycles. The van der Waals surface area contributed by atoms with Crippen molar-refractivity contribution in [2.75, 3.05) is 5.32 Å². The van der Waals surface area contributed by atoms with Crippen molar-refractivity contribution in [1.82, 2.24) is 0 Å². The zero-order valence-electron chi connectivity index (χ0n) is 11.3. The fourth-order valence-electron chi connectivity index (χ4n) is 2.20. The summed E-state index contributed by atoms with van der Waals surface area (Å²) in [5.41, 5.74) is 2.54. The third kappa shape index (κ3) is 2.84. The Hall–Kier alpha value is -2.29. The summed E-state index contributed by atoms with van der Waals surface area (Å²) in [5, 5.41) is 13.6. The molecule has 108 valence electrons. The van der Waals surface area contributed by atoms with Crippen LogP contribution in [0.15, 0.2) is 53.5 Å². The van der Waals surface area contributed by atoms with Gasteiger partial charge in [0.05, 0.1) is 17.1 Å². The van der Waals surface area contributed by atoms with Crippen molar-refractivity contribution in [1.29, 1.82) is 5.26 Å². The molecule has 1 amide bonds. The minimum Gasteiger partial charge on any atom is -0.323 e. The second-order valence-corrected chi connectivity index (χ2v) is 5.93. The molecule has 2 aromatic carbocycles. The van der Waals surface area contributed by atoms with Crippen LogP contribution >= 0.6 is 23.4 Å². The Morgan fingerprint density at radius 2 is 2.00 bits per heavy atom. The van der Waals surface area contributed by atoms with Crippen LogP contribution in [-0.4, -0.2) is 16.9 Å². The van der Waals surface area contributed by atoms with Crippen LogP contribution in [0.5, 0.6) is 0 Å². The van der Waals surface area contributed by atoms with Gasteiger partial charge in [0.15, 0.2) is 0 Å². The van der Waals surface area contributed by atoms with Crippen LogP contribution in [0.25, 0.3) is 0 Å². The molecule has 1 N–H and O–H groups in total. The molecule has 1 aliphatic rings. The number of halogens is 1. The third-order valence-corrected chi connectivity index (χ3v) is 4.20. The number of anilines is 1. The van der Waals surface area contributed by atoms with Crippen LogP contribution in [-0.2, 0) is 4.79 Å². The molecule has 0 bridgehead atoms. The molecule has 6 heteroatoms. The third-order valence-electron chi connectivity index (χ3n) is 3.18. The lowest BCUT2D eigenvalue weighted by Crippen LogP contribution is -2.31. The van der Waals surface area contributed by atoms with Gasteiger partial charge in [0.25, 0.3) is 0 Å². The lowest BCUT2D eigenvalue weighted by atomic mass is 10.1. The molecule has 4 nitrogen and oxygen atoms in total. The molecule has 22 heavy (non-hydrogen) atoms. The Labute approximate surface area is 136 Å². The van der Waals surface area contributed by atoms with Gasteiger partial charge in [-0.1, -0.05) is 41.9 Å². The summed E-state index contributed by atoms with van der Waals surface area (Å²) < 4.78 is 0. The molecule has 1 atom stereocenters. The van der Waals surface area contributed by atoms with Gasteiger partial charge in [-0.05, 0) is 35.5 Å². The van der Waals surface area contributed by atoms with Crippen molar-refractivity contribution < 1.29 is 4.79 Å². The smallest absolute Gasteiger partial charge is 0.244 e. The predicted molar refractivity (Wildman–Crippen MR) is 89.7 cm³/mol. The van der Waals surface area contributed by atoms with Gasteiger partial charge in [0.1, 0.15) is 10.7 Å². The van der Waals surface area contributed by atoms with Crippen LogP contribution < -0.4 is 5.32 Å². The van der Waals surface area contributed by atoms with E-state index in [-0.39, 0.29) is 5.91 Å². The van der Waals surface area contributed by atoms with E-state index in [4.69, 9.17) is 16.9 Å². The van der Waals surface area contributed by atoms with Crippen molar-refractivity contribution in [3.05, 3.63) is 59.1 Å². The first-order valence-corrected chi connectivity index (χ1v) is 7.74. The molecular formula is C16H10ClN3OS. The van der Waals surface area contributed by atoms with E-state index >= 15 is 0 Å². The number of nitrogens with zero attached hydrogens (tertiary/aromatic N) is 2. The van der Waals surface area contributed by atoms with E-state index in [2.05, 4.69) is 10.3 Å². The summed E-state index contributed by atoms with van der Waals surface area (Å²) in [6, 6.07) is 14.5. The molecule has 3 rings (SSSR count). The molecule has 0 spiro atoms. The molecule has 0 saturated heterocycles. The fraction of sp³-hybridized carbons (Fsp3) is 0.0625. The first-order chi connectivity index (χ1) is 10.7. The van der Waals surface area contributed by atoms with Crippen LogP contribution in [0.3, 0.4) is 0 Å². The lowest BCUT2D eigenvalue weighted by Gasteiger charge is -2.12. The van der Waals surface area contributed by atoms with E-state index in [0.29, 0.717) is 22.1 Å². The number of nitriles is 1. The van der Waals surface area contributed by atoms with Gasteiger partial charge >= 0.3 is 0 Å². The summed E-state index contributed by atoms with van der Waals surface area (Å²) >= 11 is 6.85. The summed E-state index contributed by atoms with van der Waals surface area (Å²) in [5.74, 6) is -0.282. The molecule has 0 aliphatic carbocycles. The molecule has 1 unspecified atom stereocenters. The Morgan fingerprint density at radius 1 is 1.23 bits per heavy atom. The quantitative estimate of drug-likeness (QED) is 0.848. The van der Waals surface area contributed by atoms with Crippen molar-refractivity contribution in [2.45, 2.75) is 5.25 Å². The van der Waals surface area contributed by atoms with Crippen LogP contribution in [0.2, 0.25) is 5.02 Å². The number of aliphatic imine (C=N–C) groups is 1. The number of nitrogens with one attached hydrogen (secondary N) is 1. The Balaban J connectivity index is 2.17. The van der Waals surface area contributed by atoms with Crippen LogP contribution in [0, 0.1) is 10.7 Å². The second kappa shape index (κ2) is 6.22. The molecule has 1 heterocycles. The Bertz CT molecular complexity index is 799. The van der Waals surface area contributed by atoms with Crippen molar-refractivity contribution in [3.63, 3.8) is 0 Å². The maximum atomic E-state index is 12.5. The first-order valence-electron chi connectivity index (χ1n) is 6.48. The maximum Gasteiger partial charge on any atom is 0.244 e. The monoisotopic (exact) mass is 327 g/mol. The molecule has 1 aliphatic heterocycles. The minimum atomic E-state index is -0.696. The maximum absolute atomic E-state index is 12.5. The Kier molecular flexibility index (Phi) is 4.14. The average molecular weight is 328 g/mol. The van der Waals surface area contributed by atoms with E-state index in [1.807, 2.05) is 35.7 Å². The SMILES string of the molecule is N#CSC1C(=O)Nc2cc(Cl)ccc2N=C1c1ccccc1. The number of fused-ring (bicyclic) bond motifs is 1. The highest BCUT2D eigenvalue weighted by atomic mass is 35.5. The first kappa shape index (κ1) is 14.6. The second-order valence-electron chi connectivity index (χ2n) is 4.60. The van der Waals surface area contributed by atoms with E-state index in [9.17, 15) is 4.79 Å². The lowest BCUT2D eigenvalue weighted by molar-refractivity contribution is -0.114. The Morgan fingerprint density at radius 3 is 2.73 bits per heavy atom. The van der Waals surface area contributed by atoms with Crippen LogP contribution in [0.1, 0.15) is 5.56 Å². The molecular weight excluding hydrogens is 318 g/mol. The number of hydrogen-bond acceptors (Lipinski definition) is 4. The summed E-state index contributed by atoms with van der Waals surface area (Å²) in [7, 11) is 0. The van der Waals surface area contributed by atoms with Crippen molar-refractivity contribution in [3.8, 4) is 5.40 Å². The minimum absolute atomic E-state index is 0.282. The van der Waals surface area contributed by atoms with Gasteiger partial charge in [-0.25, -0.2) is 4.99 Å². The number of benzene rings is 2. The molecule has 2 aromatic rings. The zero-order valence-corrected chi connectivity index (χ0v) is 12.9. The number of thioether (sulfide) groups is 1. The van der Waals surface area contributed by atoms with Crippen LogP contribution in [0.4, 0.5) is 11.4 Å². The number of thiocyanates is 1. The predicted octanol–water partition coefficient (Wildman–Crippen LogP) is 4.00. The van der Waals surface area contributed by atoms with Crippen molar-refractivity contribution >= 4 is 46.4 Å². The van der Waals surface area contributed by atoms with E-state index in [1.165, 1.54) is 0 Å². The highest BCUT2D eigenvalue weighted by molar-refractivity contribution is 8.05. The van der Waals surface area contributed by atoms with Gasteiger partial charge in [-0.3, -0.25) is 4.79 Å². The molecule has 0 aromatic heterocycles. The van der Waals surface area contributed by atoms with Gasteiger partial charge in [0, 0.05) is 5.02 Å². The normalized spacial score (nSPS) is 16.8. The van der Waals surface area contributed by atoms with Gasteiger partial charge in [-0.2, -0.15) is 5.26 Å². The van der Waals surface area contributed by atoms with Gasteiger partial charge in [-0.15, -0.1) is 0 Å². The number of carbonyl (C=O) groups is 1. The molecule has 0 radical (unpaired) electrons. The number of rotatable bonds is 2. The molecule has 0 fully saturated rings. The number of amides is 1. The van der Waals surface area contributed by atoms with E-state index in [1.54, 1.807) is 18.2 Å². The van der Waals surface area contributed by atoms with E-state index < -0.39 is 5.25 Å². The highest BCUT2D eigenvalue weighted by Crippen LogP contribution is 2.33. The van der Waals surface area contributed by atoms with Gasteiger partial charge in [0.2, 0.25) is 5.91 Å². The standard InChI is InChI=1S/C16H10ClN3OS/c17-11-6-7-12-13(8-11)20-16(21)15(22-9-18)14(19-12)10-4-2-1-3-5-10/h1-8,15H,(H,20,21). The summed E-state index contributed by atoms with van der Waals surface area (Å²) in [4.78, 5) is 17.1. The fourth-order valence-corrected chi connectivity index (χ4v) is 2.95. The topological polar surface area (TPSA) is 65.2 Å². The number of carbonyl (C=O) groups excluding carboxylic acids is 1. The summed E-state index contributed by atoms with van der Waals surface area (Å²) in [6.45, 7) is 0. The number of hydrogen-bond donors (Lipinski definition) is 1. The summed E-state index contributed by atoms with van der Waals surface area (Å²) in [6.07, 6.45) is 0. The van der Waals surface area contributed by atoms with E-state index in [0.717, 1.165) is 17.3 Å². The highest BCUT2D eigenvalue weighted by Gasteiger charge is 2.30. The average Bonchev–Trinajstić information content (AvgIpc) is 2.65. The van der Waals surface area contributed by atoms with Crippen molar-refractivity contribution in [2.24, 2.45) is 4.99 Å². The zero-order chi connectivity index (χ0) is 15.5. The van der Waals surface area contributed by atoms with Gasteiger partial charge < -0.3 is 5.32 Å². The largest absolute Gasteiger partial charge is 0.323 e.